The van der Waals surface area contributed by atoms with Crippen LogP contribution in [0.2, 0.25) is 0 Å². The van der Waals surface area contributed by atoms with E-state index < -0.39 is 5.97 Å². The maximum atomic E-state index is 9.99. The van der Waals surface area contributed by atoms with Crippen LogP contribution < -0.4 is 5.90 Å². The van der Waals surface area contributed by atoms with Gasteiger partial charge in [-0.2, -0.15) is 11.2 Å². The molecule has 0 aromatic heterocycles. The fourth-order valence-electron chi connectivity index (χ4n) is 0.148. The van der Waals surface area contributed by atoms with Crippen molar-refractivity contribution in [2.45, 2.75) is 6.42 Å². The number of carbonyl (C=O) groups excluding carboxylic acids is 1. The topological polar surface area (TPSA) is 85.3 Å². The Morgan fingerprint density at radius 2 is 2.50 bits per heavy atom. The van der Waals surface area contributed by atoms with E-state index in [-0.39, 0.29) is 6.42 Å². The SMILES string of the molecule is N#CCC(=O)OON. The lowest BCUT2D eigenvalue weighted by atomic mass is 10.5. The van der Waals surface area contributed by atoms with Gasteiger partial charge in [-0.1, -0.05) is 4.99 Å². The number of nitriles is 1. The van der Waals surface area contributed by atoms with Crippen LogP contribution in [0.15, 0.2) is 0 Å². The lowest BCUT2D eigenvalue weighted by Crippen LogP contribution is -2.07. The van der Waals surface area contributed by atoms with E-state index in [0.29, 0.717) is 0 Å². The third kappa shape index (κ3) is 3.08. The van der Waals surface area contributed by atoms with Crippen LogP contribution in [-0.2, 0) is 14.7 Å². The Labute approximate surface area is 45.5 Å². The molecule has 0 spiro atoms. The quantitative estimate of drug-likeness (QED) is 0.379. The lowest BCUT2D eigenvalue weighted by molar-refractivity contribution is -0.275. The van der Waals surface area contributed by atoms with Crippen LogP contribution in [0.4, 0.5) is 0 Å². The minimum absolute atomic E-state index is 0.350. The Balaban J connectivity index is 3.23. The average molecular weight is 116 g/mol. The summed E-state index contributed by atoms with van der Waals surface area (Å²) in [6, 6.07) is 1.54. The largest absolute Gasteiger partial charge is 0.358 e. The van der Waals surface area contributed by atoms with Gasteiger partial charge in [0.2, 0.25) is 0 Å². The van der Waals surface area contributed by atoms with Gasteiger partial charge in [0.05, 0.1) is 6.07 Å². The van der Waals surface area contributed by atoms with Crippen LogP contribution in [0.5, 0.6) is 0 Å². The van der Waals surface area contributed by atoms with Crippen molar-refractivity contribution in [1.29, 1.82) is 5.26 Å². The molecule has 0 aliphatic rings. The first-order chi connectivity index (χ1) is 3.81. The predicted octanol–water partition coefficient (Wildman–Crippen LogP) is -0.751. The molecule has 0 bridgehead atoms. The van der Waals surface area contributed by atoms with Gasteiger partial charge < -0.3 is 0 Å². The van der Waals surface area contributed by atoms with Crippen LogP contribution in [0.25, 0.3) is 0 Å². The van der Waals surface area contributed by atoms with Crippen molar-refractivity contribution >= 4 is 5.97 Å². The summed E-state index contributed by atoms with van der Waals surface area (Å²) < 4.78 is 0. The number of nitrogens with two attached hydrogens (primary N) is 1. The van der Waals surface area contributed by atoms with Crippen molar-refractivity contribution in [2.75, 3.05) is 0 Å². The van der Waals surface area contributed by atoms with Crippen LogP contribution in [0.3, 0.4) is 0 Å². The first kappa shape index (κ1) is 6.88. The molecule has 0 aliphatic heterocycles. The Bertz CT molecular complexity index is 116. The second kappa shape index (κ2) is 4.05. The van der Waals surface area contributed by atoms with Crippen molar-refractivity contribution < 1.29 is 14.7 Å². The minimum Gasteiger partial charge on any atom is -0.279 e. The third-order valence-corrected chi connectivity index (χ3v) is 0.364. The van der Waals surface area contributed by atoms with E-state index in [4.69, 9.17) is 5.26 Å². The Morgan fingerprint density at radius 3 is 2.88 bits per heavy atom. The summed E-state index contributed by atoms with van der Waals surface area (Å²) in [5, 5.41) is 7.82. The number of hydrogen-bond donors (Lipinski definition) is 1. The van der Waals surface area contributed by atoms with Crippen molar-refractivity contribution in [3.63, 3.8) is 0 Å². The molecular weight excluding hydrogens is 112 g/mol. The maximum Gasteiger partial charge on any atom is 0.358 e. The van der Waals surface area contributed by atoms with Gasteiger partial charge in [0, 0.05) is 0 Å². The maximum absolute atomic E-state index is 9.99. The Hall–Kier alpha value is -1.12. The fourth-order valence-corrected chi connectivity index (χ4v) is 0.148. The molecule has 5 nitrogen and oxygen atoms in total. The lowest BCUT2D eigenvalue weighted by Gasteiger charge is -1.89. The summed E-state index contributed by atoms with van der Waals surface area (Å²) in [6.07, 6.45) is -0.350. The summed E-state index contributed by atoms with van der Waals surface area (Å²) in [4.78, 5) is 17.1. The second-order valence-corrected chi connectivity index (χ2v) is 0.886. The zero-order valence-corrected chi connectivity index (χ0v) is 3.96. The number of nitrogens with zero attached hydrogens (tertiary/aromatic N) is 1. The standard InChI is InChI=1S/C3H4N2O3/c4-2-1-3(6)7-8-5/h1,5H2. The Morgan fingerprint density at radius 1 is 1.88 bits per heavy atom. The molecule has 0 aromatic rings. The van der Waals surface area contributed by atoms with Crippen molar-refractivity contribution in [1.82, 2.24) is 0 Å². The second-order valence-electron chi connectivity index (χ2n) is 0.886. The van der Waals surface area contributed by atoms with Gasteiger partial charge in [-0.05, 0) is 0 Å². The molecule has 0 atom stereocenters. The average Bonchev–Trinajstić information content (AvgIpc) is 1.68. The Kier molecular flexibility index (Phi) is 3.48. The van der Waals surface area contributed by atoms with Gasteiger partial charge in [0.25, 0.3) is 0 Å². The van der Waals surface area contributed by atoms with Gasteiger partial charge in [0.15, 0.2) is 0 Å². The van der Waals surface area contributed by atoms with E-state index in [1.807, 2.05) is 0 Å². The normalized spacial score (nSPS) is 7.50. The first-order valence-corrected chi connectivity index (χ1v) is 1.74. The summed E-state index contributed by atoms with van der Waals surface area (Å²) in [6.45, 7) is 0. The number of rotatable bonds is 2. The van der Waals surface area contributed by atoms with E-state index in [2.05, 4.69) is 15.8 Å². The van der Waals surface area contributed by atoms with Gasteiger partial charge >= 0.3 is 5.97 Å². The molecule has 0 radical (unpaired) electrons. The van der Waals surface area contributed by atoms with E-state index in [0.717, 1.165) is 0 Å². The van der Waals surface area contributed by atoms with Crippen molar-refractivity contribution in [3.8, 4) is 6.07 Å². The zero-order valence-electron chi connectivity index (χ0n) is 3.96. The van der Waals surface area contributed by atoms with Crippen molar-refractivity contribution in [3.05, 3.63) is 0 Å². The van der Waals surface area contributed by atoms with Crippen molar-refractivity contribution in [2.24, 2.45) is 5.90 Å². The van der Waals surface area contributed by atoms with E-state index in [1.54, 1.807) is 6.07 Å². The predicted molar refractivity (Wildman–Crippen MR) is 21.6 cm³/mol. The van der Waals surface area contributed by atoms with Crippen LogP contribution in [-0.4, -0.2) is 5.97 Å². The van der Waals surface area contributed by atoms with Crippen LogP contribution in [0.1, 0.15) is 6.42 Å². The van der Waals surface area contributed by atoms with Crippen LogP contribution in [0, 0.1) is 11.3 Å². The molecular formula is C3H4N2O3. The molecule has 0 aromatic carbocycles. The zero-order chi connectivity index (χ0) is 6.41. The van der Waals surface area contributed by atoms with Gasteiger partial charge in [-0.25, -0.2) is 4.79 Å². The highest BCUT2D eigenvalue weighted by Gasteiger charge is 1.98. The van der Waals surface area contributed by atoms with Gasteiger partial charge in [-0.3, -0.25) is 4.89 Å². The highest BCUT2D eigenvalue weighted by Crippen LogP contribution is 1.80. The molecule has 0 unspecified atom stereocenters. The highest BCUT2D eigenvalue weighted by molar-refractivity contribution is 5.70. The third-order valence-electron chi connectivity index (χ3n) is 0.364. The molecule has 0 aliphatic carbocycles. The van der Waals surface area contributed by atoms with Gasteiger partial charge in [0.1, 0.15) is 6.42 Å². The fraction of sp³-hybridized carbons (Fsp3) is 0.333. The molecule has 2 N–H and O–H groups in total. The molecule has 8 heavy (non-hydrogen) atoms. The van der Waals surface area contributed by atoms with E-state index in [9.17, 15) is 4.79 Å². The summed E-state index contributed by atoms with van der Waals surface area (Å²) in [5.74, 6) is 3.51. The number of carbonyl (C=O) groups is 1. The monoisotopic (exact) mass is 116 g/mol. The summed E-state index contributed by atoms with van der Waals surface area (Å²) in [7, 11) is 0. The van der Waals surface area contributed by atoms with Gasteiger partial charge in [-0.15, -0.1) is 0 Å². The molecule has 0 amide bonds. The van der Waals surface area contributed by atoms with E-state index in [1.165, 1.54) is 0 Å². The van der Waals surface area contributed by atoms with E-state index >= 15 is 0 Å². The summed E-state index contributed by atoms with van der Waals surface area (Å²) >= 11 is 0. The molecule has 0 fully saturated rings. The molecule has 0 rings (SSSR count). The first-order valence-electron chi connectivity index (χ1n) is 1.74. The molecule has 0 heterocycles. The van der Waals surface area contributed by atoms with Crippen LogP contribution >= 0.6 is 0 Å². The molecule has 0 saturated carbocycles. The smallest absolute Gasteiger partial charge is 0.279 e. The molecule has 5 heteroatoms. The molecule has 44 valence electrons. The highest BCUT2D eigenvalue weighted by atomic mass is 17.3. The number of hydrogen-bond acceptors (Lipinski definition) is 5. The summed E-state index contributed by atoms with van der Waals surface area (Å²) in [5.41, 5.74) is 0. The minimum atomic E-state index is -0.796. The molecule has 0 saturated heterocycles.